The average Bonchev–Trinajstić information content (AvgIpc) is 3.26. The number of hydrogen-bond acceptors (Lipinski definition) is 3. The predicted octanol–water partition coefficient (Wildman–Crippen LogP) is 6.78. The zero-order valence-electron chi connectivity index (χ0n) is 20.0. The lowest BCUT2D eigenvalue weighted by Crippen LogP contribution is -2.25. The van der Waals surface area contributed by atoms with Crippen LogP contribution in [0.15, 0.2) is 95.5 Å². The number of benzene rings is 4. The molecule has 182 valence electrons. The highest BCUT2D eigenvalue weighted by atomic mass is 79.9. The second-order valence-electron chi connectivity index (χ2n) is 8.72. The van der Waals surface area contributed by atoms with Crippen LogP contribution in [0.5, 0.6) is 5.75 Å². The van der Waals surface area contributed by atoms with Crippen molar-refractivity contribution in [1.82, 2.24) is 14.9 Å². The fourth-order valence-corrected chi connectivity index (χ4v) is 4.87. The van der Waals surface area contributed by atoms with E-state index in [4.69, 9.17) is 9.72 Å². The number of para-hydroxylation sites is 2. The molecule has 5 aromatic rings. The number of rotatable bonds is 10. The number of amides is 1. The molecule has 0 radical (unpaired) electrons. The van der Waals surface area contributed by atoms with Crippen molar-refractivity contribution < 1.29 is 9.53 Å². The molecule has 1 aromatic heterocycles. The van der Waals surface area contributed by atoms with Gasteiger partial charge in [-0.1, -0.05) is 70.5 Å². The van der Waals surface area contributed by atoms with Gasteiger partial charge >= 0.3 is 0 Å². The van der Waals surface area contributed by atoms with E-state index in [9.17, 15) is 4.79 Å². The van der Waals surface area contributed by atoms with Crippen molar-refractivity contribution in [2.24, 2.45) is 0 Å². The summed E-state index contributed by atoms with van der Waals surface area (Å²) in [5.74, 6) is 1.90. The monoisotopic (exact) mass is 541 g/mol. The van der Waals surface area contributed by atoms with Gasteiger partial charge in [0.1, 0.15) is 11.6 Å². The Kier molecular flexibility index (Phi) is 7.62. The van der Waals surface area contributed by atoms with Gasteiger partial charge in [0.05, 0.1) is 17.6 Å². The number of nitrogens with zero attached hydrogens (tertiary/aromatic N) is 2. The Hall–Kier alpha value is -3.64. The van der Waals surface area contributed by atoms with E-state index in [0.29, 0.717) is 18.7 Å². The molecule has 5 rings (SSSR count). The SMILES string of the molecule is O=C(NCCCc1nc2ccccc2n1CCCOc1cccc2ccccc12)c1cccc(Br)c1. The Morgan fingerprint density at radius 1 is 0.917 bits per heavy atom. The number of carbonyl (C=O) groups excluding carboxylic acids is 1. The molecular formula is C30H28BrN3O2. The number of fused-ring (bicyclic) bond motifs is 2. The van der Waals surface area contributed by atoms with Gasteiger partial charge in [-0.05, 0) is 54.6 Å². The number of hydrogen-bond donors (Lipinski definition) is 1. The van der Waals surface area contributed by atoms with Gasteiger partial charge in [-0.15, -0.1) is 0 Å². The van der Waals surface area contributed by atoms with Crippen molar-refractivity contribution >= 4 is 43.6 Å². The minimum Gasteiger partial charge on any atom is -0.493 e. The second kappa shape index (κ2) is 11.4. The van der Waals surface area contributed by atoms with Crippen molar-refractivity contribution in [1.29, 1.82) is 0 Å². The lowest BCUT2D eigenvalue weighted by molar-refractivity contribution is 0.0953. The zero-order chi connectivity index (χ0) is 24.7. The van der Waals surface area contributed by atoms with E-state index in [1.54, 1.807) is 0 Å². The molecular weight excluding hydrogens is 514 g/mol. The number of imidazole rings is 1. The summed E-state index contributed by atoms with van der Waals surface area (Å²) in [6.45, 7) is 2.05. The molecule has 1 N–H and O–H groups in total. The topological polar surface area (TPSA) is 56.2 Å². The van der Waals surface area contributed by atoms with Crippen molar-refractivity contribution in [2.75, 3.05) is 13.2 Å². The molecule has 4 aromatic carbocycles. The maximum atomic E-state index is 12.4. The predicted molar refractivity (Wildman–Crippen MR) is 149 cm³/mol. The first-order chi connectivity index (χ1) is 17.7. The van der Waals surface area contributed by atoms with E-state index in [1.807, 2.05) is 54.6 Å². The van der Waals surface area contributed by atoms with Crippen LogP contribution in [0.4, 0.5) is 0 Å². The Bertz CT molecular complexity index is 1490. The third-order valence-electron chi connectivity index (χ3n) is 6.22. The quantitative estimate of drug-likeness (QED) is 0.198. The van der Waals surface area contributed by atoms with Crippen LogP contribution in [-0.4, -0.2) is 28.6 Å². The van der Waals surface area contributed by atoms with Gasteiger partial charge in [0, 0.05) is 34.9 Å². The summed E-state index contributed by atoms with van der Waals surface area (Å²) in [5.41, 5.74) is 2.79. The van der Waals surface area contributed by atoms with Crippen LogP contribution < -0.4 is 10.1 Å². The molecule has 5 nitrogen and oxygen atoms in total. The summed E-state index contributed by atoms with van der Waals surface area (Å²) < 4.78 is 9.35. The number of ether oxygens (including phenoxy) is 1. The summed E-state index contributed by atoms with van der Waals surface area (Å²) in [5, 5.41) is 5.34. The molecule has 0 saturated carbocycles. The number of carbonyl (C=O) groups is 1. The Balaban J connectivity index is 1.19. The summed E-state index contributed by atoms with van der Waals surface area (Å²) >= 11 is 3.42. The van der Waals surface area contributed by atoms with Gasteiger partial charge in [-0.25, -0.2) is 4.98 Å². The largest absolute Gasteiger partial charge is 0.493 e. The molecule has 1 heterocycles. The first-order valence-corrected chi connectivity index (χ1v) is 13.1. The molecule has 0 aliphatic heterocycles. The van der Waals surface area contributed by atoms with Gasteiger partial charge in [0.15, 0.2) is 0 Å². The van der Waals surface area contributed by atoms with Crippen molar-refractivity contribution in [2.45, 2.75) is 25.8 Å². The van der Waals surface area contributed by atoms with Gasteiger partial charge in [0.25, 0.3) is 5.91 Å². The molecule has 0 bridgehead atoms. The van der Waals surface area contributed by atoms with Crippen LogP contribution in [0.1, 0.15) is 29.0 Å². The standard InChI is InChI=1S/C30H28BrN3O2/c31-24-12-5-11-23(21-24)30(35)32-18-7-17-29-33-26-14-3-4-15-27(26)34(29)19-8-20-36-28-16-6-10-22-9-1-2-13-25(22)28/h1-6,9-16,21H,7-8,17-20H2,(H,32,35). The molecule has 1 amide bonds. The second-order valence-corrected chi connectivity index (χ2v) is 9.63. The molecule has 0 atom stereocenters. The smallest absolute Gasteiger partial charge is 0.251 e. The molecule has 0 saturated heterocycles. The number of nitrogens with one attached hydrogen (secondary N) is 1. The minimum atomic E-state index is -0.0598. The average molecular weight is 542 g/mol. The van der Waals surface area contributed by atoms with E-state index < -0.39 is 0 Å². The molecule has 6 heteroatoms. The summed E-state index contributed by atoms with van der Waals surface area (Å²) in [6.07, 6.45) is 2.48. The highest BCUT2D eigenvalue weighted by Gasteiger charge is 2.11. The summed E-state index contributed by atoms with van der Waals surface area (Å²) in [7, 11) is 0. The minimum absolute atomic E-state index is 0.0598. The van der Waals surface area contributed by atoms with Crippen LogP contribution in [0.3, 0.4) is 0 Å². The van der Waals surface area contributed by atoms with E-state index >= 15 is 0 Å². The zero-order valence-corrected chi connectivity index (χ0v) is 21.6. The third kappa shape index (κ3) is 5.60. The van der Waals surface area contributed by atoms with Crippen LogP contribution in [0, 0.1) is 0 Å². The van der Waals surface area contributed by atoms with Crippen LogP contribution >= 0.6 is 15.9 Å². The first kappa shape index (κ1) is 24.1. The Morgan fingerprint density at radius 2 is 1.72 bits per heavy atom. The number of aromatic nitrogens is 2. The van der Waals surface area contributed by atoms with Crippen LogP contribution in [0.25, 0.3) is 21.8 Å². The van der Waals surface area contributed by atoms with Crippen LogP contribution in [-0.2, 0) is 13.0 Å². The first-order valence-electron chi connectivity index (χ1n) is 12.3. The third-order valence-corrected chi connectivity index (χ3v) is 6.71. The maximum absolute atomic E-state index is 12.4. The van der Waals surface area contributed by atoms with Crippen molar-refractivity contribution in [3.05, 3.63) is 107 Å². The molecule has 0 spiro atoms. The van der Waals surface area contributed by atoms with Gasteiger partial charge in [0.2, 0.25) is 0 Å². The highest BCUT2D eigenvalue weighted by Crippen LogP contribution is 2.25. The fourth-order valence-electron chi connectivity index (χ4n) is 4.47. The summed E-state index contributed by atoms with van der Waals surface area (Å²) in [6, 6.07) is 30.1. The van der Waals surface area contributed by atoms with Crippen molar-refractivity contribution in [3.8, 4) is 5.75 Å². The normalized spacial score (nSPS) is 11.1. The van der Waals surface area contributed by atoms with Gasteiger partial charge in [-0.2, -0.15) is 0 Å². The number of aryl methyl sites for hydroxylation is 2. The Morgan fingerprint density at radius 3 is 2.64 bits per heavy atom. The molecule has 36 heavy (non-hydrogen) atoms. The van der Waals surface area contributed by atoms with Gasteiger partial charge in [-0.3, -0.25) is 4.79 Å². The molecule has 0 unspecified atom stereocenters. The lowest BCUT2D eigenvalue weighted by Gasteiger charge is -2.12. The van der Waals surface area contributed by atoms with E-state index in [0.717, 1.165) is 58.3 Å². The maximum Gasteiger partial charge on any atom is 0.251 e. The van der Waals surface area contributed by atoms with E-state index in [1.165, 1.54) is 5.39 Å². The molecule has 0 aliphatic rings. The lowest BCUT2D eigenvalue weighted by atomic mass is 10.1. The van der Waals surface area contributed by atoms with Gasteiger partial charge < -0.3 is 14.6 Å². The molecule has 0 aliphatic carbocycles. The molecule has 0 fully saturated rings. The van der Waals surface area contributed by atoms with Crippen molar-refractivity contribution in [3.63, 3.8) is 0 Å². The highest BCUT2D eigenvalue weighted by molar-refractivity contribution is 9.10. The van der Waals surface area contributed by atoms with E-state index in [2.05, 4.69) is 62.2 Å². The fraction of sp³-hybridized carbons (Fsp3) is 0.200. The Labute approximate surface area is 219 Å². The number of halogens is 1. The summed E-state index contributed by atoms with van der Waals surface area (Å²) in [4.78, 5) is 17.3. The van der Waals surface area contributed by atoms with E-state index in [-0.39, 0.29) is 5.91 Å². The van der Waals surface area contributed by atoms with Crippen LogP contribution in [0.2, 0.25) is 0 Å².